The van der Waals surface area contributed by atoms with Crippen molar-refractivity contribution in [2.45, 2.75) is 37.7 Å². The third-order valence-corrected chi connectivity index (χ3v) is 3.93. The fraction of sp³-hybridized carbons (Fsp3) is 0.429. The van der Waals surface area contributed by atoms with E-state index < -0.39 is 5.60 Å². The maximum absolute atomic E-state index is 10.6. The van der Waals surface area contributed by atoms with Crippen molar-refractivity contribution in [1.29, 1.82) is 0 Å². The van der Waals surface area contributed by atoms with Crippen molar-refractivity contribution in [3.05, 3.63) is 35.0 Å². The molecule has 1 aliphatic rings. The summed E-state index contributed by atoms with van der Waals surface area (Å²) in [5.41, 5.74) is -0.108. The zero-order valence-corrected chi connectivity index (χ0v) is 10.3. The highest BCUT2D eigenvalue weighted by atomic mass is 35.5. The largest absolute Gasteiger partial charge is 0.456 e. The van der Waals surface area contributed by atoms with E-state index in [4.69, 9.17) is 16.0 Å². The highest BCUT2D eigenvalue weighted by Gasteiger charge is 2.34. The minimum atomic E-state index is -0.791. The zero-order chi connectivity index (χ0) is 11.9. The van der Waals surface area contributed by atoms with Gasteiger partial charge in [0.1, 0.15) is 11.4 Å². The Morgan fingerprint density at radius 2 is 1.94 bits per heavy atom. The minimum absolute atomic E-state index is 0.605. The Morgan fingerprint density at radius 3 is 2.65 bits per heavy atom. The Balaban J connectivity index is 2.08. The second-order valence-electron chi connectivity index (χ2n) is 4.86. The SMILES string of the molecule is OC1(c2cc3cccc(Cl)c3o2)CCCCC1. The number of hydrogen-bond acceptors (Lipinski definition) is 2. The molecule has 0 radical (unpaired) electrons. The number of aliphatic hydroxyl groups is 1. The summed E-state index contributed by atoms with van der Waals surface area (Å²) in [6.07, 6.45) is 4.88. The average molecular weight is 251 g/mol. The normalized spacial score (nSPS) is 19.6. The molecule has 1 aromatic heterocycles. The molecule has 2 nitrogen and oxygen atoms in total. The molecule has 1 N–H and O–H groups in total. The van der Waals surface area contributed by atoms with Crippen LogP contribution in [0.2, 0.25) is 5.02 Å². The molecule has 1 aromatic carbocycles. The molecule has 0 atom stereocenters. The lowest BCUT2D eigenvalue weighted by atomic mass is 9.83. The first-order chi connectivity index (χ1) is 8.19. The van der Waals surface area contributed by atoms with Gasteiger partial charge in [0.2, 0.25) is 0 Å². The number of para-hydroxylation sites is 1. The number of furan rings is 1. The second kappa shape index (κ2) is 4.04. The third-order valence-electron chi connectivity index (χ3n) is 3.64. The first-order valence-electron chi connectivity index (χ1n) is 6.10. The van der Waals surface area contributed by atoms with Crippen molar-refractivity contribution in [3.63, 3.8) is 0 Å². The number of halogens is 1. The summed E-state index contributed by atoms with van der Waals surface area (Å²) in [4.78, 5) is 0. The molecule has 1 heterocycles. The van der Waals surface area contributed by atoms with E-state index >= 15 is 0 Å². The van der Waals surface area contributed by atoms with Gasteiger partial charge >= 0.3 is 0 Å². The van der Waals surface area contributed by atoms with Crippen molar-refractivity contribution in [3.8, 4) is 0 Å². The van der Waals surface area contributed by atoms with Crippen LogP contribution in [-0.2, 0) is 5.60 Å². The van der Waals surface area contributed by atoms with Gasteiger partial charge in [-0.25, -0.2) is 0 Å². The van der Waals surface area contributed by atoms with Crippen molar-refractivity contribution in [1.82, 2.24) is 0 Å². The van der Waals surface area contributed by atoms with Crippen LogP contribution >= 0.6 is 11.6 Å². The van der Waals surface area contributed by atoms with Gasteiger partial charge in [-0.1, -0.05) is 43.0 Å². The van der Waals surface area contributed by atoms with E-state index in [-0.39, 0.29) is 0 Å². The predicted molar refractivity (Wildman–Crippen MR) is 68.2 cm³/mol. The van der Waals surface area contributed by atoms with Crippen LogP contribution in [0.1, 0.15) is 37.9 Å². The molecule has 3 rings (SSSR count). The summed E-state index contributed by atoms with van der Waals surface area (Å²) in [6.45, 7) is 0. The van der Waals surface area contributed by atoms with Gasteiger partial charge in [0, 0.05) is 5.39 Å². The molecule has 1 aliphatic carbocycles. The minimum Gasteiger partial charge on any atom is -0.456 e. The maximum atomic E-state index is 10.6. The molecule has 0 amide bonds. The van der Waals surface area contributed by atoms with Gasteiger partial charge in [0.25, 0.3) is 0 Å². The Morgan fingerprint density at radius 1 is 1.18 bits per heavy atom. The van der Waals surface area contributed by atoms with Crippen LogP contribution in [0.15, 0.2) is 28.7 Å². The lowest BCUT2D eigenvalue weighted by Gasteiger charge is -2.29. The van der Waals surface area contributed by atoms with Crippen molar-refractivity contribution in [2.24, 2.45) is 0 Å². The standard InChI is InChI=1S/C14H15ClO2/c15-11-6-4-5-10-9-12(17-13(10)11)14(16)7-2-1-3-8-14/h4-6,9,16H,1-3,7-8H2. The molecule has 1 fully saturated rings. The molecule has 2 aromatic rings. The summed E-state index contributed by atoms with van der Waals surface area (Å²) >= 11 is 6.08. The van der Waals surface area contributed by atoms with E-state index in [1.165, 1.54) is 6.42 Å². The van der Waals surface area contributed by atoms with Gasteiger partial charge in [-0.3, -0.25) is 0 Å². The maximum Gasteiger partial charge on any atom is 0.153 e. The predicted octanol–water partition coefficient (Wildman–Crippen LogP) is 4.24. The van der Waals surface area contributed by atoms with Crippen LogP contribution in [0.4, 0.5) is 0 Å². The molecule has 0 spiro atoms. The fourth-order valence-corrected chi connectivity index (χ4v) is 2.86. The molecule has 90 valence electrons. The van der Waals surface area contributed by atoms with Crippen molar-refractivity contribution < 1.29 is 9.52 Å². The van der Waals surface area contributed by atoms with Gasteiger partial charge in [0.05, 0.1) is 5.02 Å². The van der Waals surface area contributed by atoms with E-state index in [9.17, 15) is 5.11 Å². The van der Waals surface area contributed by atoms with Gasteiger partial charge in [-0.05, 0) is 25.0 Å². The highest BCUT2D eigenvalue weighted by molar-refractivity contribution is 6.34. The fourth-order valence-electron chi connectivity index (χ4n) is 2.64. The monoisotopic (exact) mass is 250 g/mol. The first-order valence-corrected chi connectivity index (χ1v) is 6.48. The molecule has 17 heavy (non-hydrogen) atoms. The van der Waals surface area contributed by atoms with Crippen molar-refractivity contribution >= 4 is 22.6 Å². The summed E-state index contributed by atoms with van der Waals surface area (Å²) in [5, 5.41) is 12.2. The van der Waals surface area contributed by atoms with E-state index in [0.29, 0.717) is 16.4 Å². The van der Waals surface area contributed by atoms with Gasteiger partial charge in [-0.15, -0.1) is 0 Å². The summed E-state index contributed by atoms with van der Waals surface area (Å²) < 4.78 is 5.76. The number of fused-ring (bicyclic) bond motifs is 1. The summed E-state index contributed by atoms with van der Waals surface area (Å²) in [6, 6.07) is 7.59. The zero-order valence-electron chi connectivity index (χ0n) is 9.58. The van der Waals surface area contributed by atoms with Crippen molar-refractivity contribution in [2.75, 3.05) is 0 Å². The van der Waals surface area contributed by atoms with Crippen LogP contribution in [0.3, 0.4) is 0 Å². The number of rotatable bonds is 1. The Hall–Kier alpha value is -0.990. The lowest BCUT2D eigenvalue weighted by molar-refractivity contribution is -0.0186. The Labute approximate surface area is 105 Å². The van der Waals surface area contributed by atoms with Crippen LogP contribution < -0.4 is 0 Å². The lowest BCUT2D eigenvalue weighted by Crippen LogP contribution is -2.27. The van der Waals surface area contributed by atoms with Gasteiger partial charge in [-0.2, -0.15) is 0 Å². The molecule has 0 aliphatic heterocycles. The average Bonchev–Trinajstić information content (AvgIpc) is 2.76. The highest BCUT2D eigenvalue weighted by Crippen LogP contribution is 2.40. The Kier molecular flexibility index (Phi) is 2.64. The second-order valence-corrected chi connectivity index (χ2v) is 5.27. The van der Waals surface area contributed by atoms with Crippen LogP contribution in [0.25, 0.3) is 11.0 Å². The van der Waals surface area contributed by atoms with Crippen LogP contribution in [-0.4, -0.2) is 5.11 Å². The molecule has 0 bridgehead atoms. The van der Waals surface area contributed by atoms with Crippen LogP contribution in [0, 0.1) is 0 Å². The third kappa shape index (κ3) is 1.85. The molecule has 0 unspecified atom stereocenters. The smallest absolute Gasteiger partial charge is 0.153 e. The number of hydrogen-bond donors (Lipinski definition) is 1. The molecule has 0 saturated heterocycles. The van der Waals surface area contributed by atoms with Crippen LogP contribution in [0.5, 0.6) is 0 Å². The quantitative estimate of drug-likeness (QED) is 0.821. The first kappa shape index (κ1) is 11.1. The van der Waals surface area contributed by atoms with E-state index in [1.54, 1.807) is 0 Å². The van der Waals surface area contributed by atoms with Gasteiger partial charge in [0.15, 0.2) is 5.58 Å². The molecular weight excluding hydrogens is 236 g/mol. The van der Waals surface area contributed by atoms with E-state index in [2.05, 4.69) is 0 Å². The number of benzene rings is 1. The molecular formula is C14H15ClO2. The molecule has 3 heteroatoms. The Bertz CT molecular complexity index is 538. The van der Waals surface area contributed by atoms with E-state index in [0.717, 1.165) is 31.1 Å². The topological polar surface area (TPSA) is 33.4 Å². The van der Waals surface area contributed by atoms with E-state index in [1.807, 2.05) is 24.3 Å². The molecule has 1 saturated carbocycles. The van der Waals surface area contributed by atoms with Gasteiger partial charge < -0.3 is 9.52 Å². The summed E-state index contributed by atoms with van der Waals surface area (Å²) in [5.74, 6) is 0.667. The summed E-state index contributed by atoms with van der Waals surface area (Å²) in [7, 11) is 0.